The summed E-state index contributed by atoms with van der Waals surface area (Å²) in [7, 11) is 0. The normalized spacial score (nSPS) is 12.0. The predicted molar refractivity (Wildman–Crippen MR) is 94.9 cm³/mol. The van der Waals surface area contributed by atoms with Gasteiger partial charge in [-0.3, -0.25) is 4.79 Å². The Morgan fingerprint density at radius 2 is 1.79 bits per heavy atom. The Bertz CT molecular complexity index is 843. The van der Waals surface area contributed by atoms with Crippen LogP contribution in [0.5, 0.6) is 0 Å². The third-order valence-corrected chi connectivity index (χ3v) is 4.88. The van der Waals surface area contributed by atoms with Gasteiger partial charge in [-0.25, -0.2) is 15.0 Å². The van der Waals surface area contributed by atoms with Crippen molar-refractivity contribution >= 4 is 17.2 Å². The van der Waals surface area contributed by atoms with Crippen molar-refractivity contribution in [3.8, 4) is 11.4 Å². The minimum Gasteiger partial charge on any atom is -0.345 e. The molecular formula is C18H18N4OS. The lowest BCUT2D eigenvalue weighted by molar-refractivity contribution is 0.0939. The summed E-state index contributed by atoms with van der Waals surface area (Å²) in [5.41, 5.74) is 2.33. The number of aromatic nitrogens is 3. The molecule has 0 saturated heterocycles. The van der Waals surface area contributed by atoms with Crippen molar-refractivity contribution in [3.63, 3.8) is 0 Å². The smallest absolute Gasteiger partial charge is 0.254 e. The Balaban J connectivity index is 1.72. The zero-order valence-electron chi connectivity index (χ0n) is 13.8. The second kappa shape index (κ2) is 6.88. The SMILES string of the molecule is Cc1nc(C)c(C(C)NC(=O)c2cnc(-c3ccccc3)nc2)s1. The fraction of sp³-hybridized carbons (Fsp3) is 0.222. The van der Waals surface area contributed by atoms with E-state index < -0.39 is 0 Å². The van der Waals surface area contributed by atoms with Gasteiger partial charge in [-0.1, -0.05) is 30.3 Å². The molecular weight excluding hydrogens is 320 g/mol. The van der Waals surface area contributed by atoms with Gasteiger partial charge in [0.25, 0.3) is 5.91 Å². The molecule has 0 aliphatic carbocycles. The fourth-order valence-electron chi connectivity index (χ4n) is 2.48. The summed E-state index contributed by atoms with van der Waals surface area (Å²) in [6.45, 7) is 5.88. The topological polar surface area (TPSA) is 67.8 Å². The molecule has 0 aliphatic heterocycles. The molecule has 6 heteroatoms. The molecule has 1 N–H and O–H groups in total. The van der Waals surface area contributed by atoms with Gasteiger partial charge in [0.15, 0.2) is 5.82 Å². The summed E-state index contributed by atoms with van der Waals surface area (Å²) < 4.78 is 0. The zero-order chi connectivity index (χ0) is 17.1. The first-order chi connectivity index (χ1) is 11.5. The predicted octanol–water partition coefficient (Wildman–Crippen LogP) is 3.71. The van der Waals surface area contributed by atoms with Gasteiger partial charge >= 0.3 is 0 Å². The average Bonchev–Trinajstić information content (AvgIpc) is 2.94. The van der Waals surface area contributed by atoms with Gasteiger partial charge in [-0.15, -0.1) is 11.3 Å². The molecule has 0 fully saturated rings. The number of benzene rings is 1. The largest absolute Gasteiger partial charge is 0.345 e. The number of carbonyl (C=O) groups is 1. The molecule has 0 bridgehead atoms. The second-order valence-corrected chi connectivity index (χ2v) is 6.77. The van der Waals surface area contributed by atoms with Crippen molar-refractivity contribution in [2.24, 2.45) is 0 Å². The Kier molecular flexibility index (Phi) is 4.66. The molecule has 0 radical (unpaired) electrons. The van der Waals surface area contributed by atoms with Crippen molar-refractivity contribution in [2.75, 3.05) is 0 Å². The van der Waals surface area contributed by atoms with Gasteiger partial charge in [-0.2, -0.15) is 0 Å². The maximum Gasteiger partial charge on any atom is 0.254 e. The number of amides is 1. The molecule has 1 atom stereocenters. The number of nitrogens with zero attached hydrogens (tertiary/aromatic N) is 3. The minimum atomic E-state index is -0.187. The van der Waals surface area contributed by atoms with E-state index in [1.54, 1.807) is 23.7 Å². The summed E-state index contributed by atoms with van der Waals surface area (Å²) >= 11 is 1.60. The number of nitrogens with one attached hydrogen (secondary N) is 1. The first-order valence-corrected chi connectivity index (χ1v) is 8.48. The monoisotopic (exact) mass is 338 g/mol. The molecule has 3 aromatic rings. The third-order valence-electron chi connectivity index (χ3n) is 3.63. The lowest BCUT2D eigenvalue weighted by Crippen LogP contribution is -2.26. The first kappa shape index (κ1) is 16.3. The highest BCUT2D eigenvalue weighted by molar-refractivity contribution is 7.11. The summed E-state index contributed by atoms with van der Waals surface area (Å²) in [5.74, 6) is 0.418. The number of aryl methyl sites for hydroxylation is 2. The van der Waals surface area contributed by atoms with E-state index in [4.69, 9.17) is 0 Å². The average molecular weight is 338 g/mol. The van der Waals surface area contributed by atoms with Crippen molar-refractivity contribution in [3.05, 3.63) is 63.9 Å². The molecule has 1 amide bonds. The highest BCUT2D eigenvalue weighted by Gasteiger charge is 2.17. The second-order valence-electron chi connectivity index (χ2n) is 5.54. The number of hydrogen-bond acceptors (Lipinski definition) is 5. The number of carbonyl (C=O) groups excluding carboxylic acids is 1. The van der Waals surface area contributed by atoms with Crippen LogP contribution in [0.15, 0.2) is 42.7 Å². The van der Waals surface area contributed by atoms with E-state index in [-0.39, 0.29) is 11.9 Å². The fourth-order valence-corrected chi connectivity index (χ4v) is 3.41. The van der Waals surface area contributed by atoms with Crippen LogP contribution in [-0.2, 0) is 0 Å². The molecule has 0 spiro atoms. The van der Waals surface area contributed by atoms with Crippen LogP contribution in [0.3, 0.4) is 0 Å². The molecule has 0 saturated carbocycles. The van der Waals surface area contributed by atoms with E-state index in [0.717, 1.165) is 21.1 Å². The number of thiazole rings is 1. The Morgan fingerprint density at radius 1 is 1.12 bits per heavy atom. The lowest BCUT2D eigenvalue weighted by atomic mass is 10.2. The maximum absolute atomic E-state index is 12.4. The first-order valence-electron chi connectivity index (χ1n) is 7.67. The summed E-state index contributed by atoms with van der Waals surface area (Å²) in [6, 6.07) is 9.58. The van der Waals surface area contributed by atoms with E-state index in [0.29, 0.717) is 11.4 Å². The van der Waals surface area contributed by atoms with Gasteiger partial charge in [0.1, 0.15) is 0 Å². The van der Waals surface area contributed by atoms with Gasteiger partial charge in [0.2, 0.25) is 0 Å². The van der Waals surface area contributed by atoms with Crippen molar-refractivity contribution in [1.29, 1.82) is 0 Å². The summed E-state index contributed by atoms with van der Waals surface area (Å²) in [4.78, 5) is 26.4. The van der Waals surface area contributed by atoms with Crippen LogP contribution < -0.4 is 5.32 Å². The molecule has 24 heavy (non-hydrogen) atoms. The van der Waals surface area contributed by atoms with Crippen LogP contribution in [0.4, 0.5) is 0 Å². The Hall–Kier alpha value is -2.60. The highest BCUT2D eigenvalue weighted by atomic mass is 32.1. The number of hydrogen-bond donors (Lipinski definition) is 1. The summed E-state index contributed by atoms with van der Waals surface area (Å²) in [6.07, 6.45) is 3.12. The Labute approximate surface area is 144 Å². The van der Waals surface area contributed by atoms with Crippen molar-refractivity contribution < 1.29 is 4.79 Å². The molecule has 5 nitrogen and oxygen atoms in total. The van der Waals surface area contributed by atoms with Crippen LogP contribution in [-0.4, -0.2) is 20.9 Å². The quantitative estimate of drug-likeness (QED) is 0.787. The van der Waals surface area contributed by atoms with Crippen LogP contribution in [0, 0.1) is 13.8 Å². The van der Waals surface area contributed by atoms with Gasteiger partial charge < -0.3 is 5.32 Å². The van der Waals surface area contributed by atoms with E-state index >= 15 is 0 Å². The molecule has 2 heterocycles. The van der Waals surface area contributed by atoms with Crippen LogP contribution >= 0.6 is 11.3 Å². The molecule has 122 valence electrons. The minimum absolute atomic E-state index is 0.0995. The third kappa shape index (κ3) is 3.49. The Morgan fingerprint density at radius 3 is 2.38 bits per heavy atom. The van der Waals surface area contributed by atoms with Crippen molar-refractivity contribution in [2.45, 2.75) is 26.8 Å². The standard InChI is InChI=1S/C18H18N4OS/c1-11-16(24-13(3)21-11)12(2)22-18(23)15-9-19-17(20-10-15)14-7-5-4-6-8-14/h4-10,12H,1-3H3,(H,22,23). The van der Waals surface area contributed by atoms with E-state index in [9.17, 15) is 4.79 Å². The van der Waals surface area contributed by atoms with E-state index in [1.807, 2.05) is 51.1 Å². The molecule has 0 aliphatic rings. The van der Waals surface area contributed by atoms with E-state index in [2.05, 4.69) is 20.3 Å². The van der Waals surface area contributed by atoms with Gasteiger partial charge in [0.05, 0.1) is 22.3 Å². The molecule has 1 unspecified atom stereocenters. The van der Waals surface area contributed by atoms with Gasteiger partial charge in [0, 0.05) is 22.8 Å². The van der Waals surface area contributed by atoms with E-state index in [1.165, 1.54) is 0 Å². The van der Waals surface area contributed by atoms with Crippen molar-refractivity contribution in [1.82, 2.24) is 20.3 Å². The molecule has 3 rings (SSSR count). The van der Waals surface area contributed by atoms with Gasteiger partial charge in [-0.05, 0) is 20.8 Å². The van der Waals surface area contributed by atoms with Crippen LogP contribution in [0.1, 0.15) is 38.9 Å². The molecule has 1 aromatic carbocycles. The maximum atomic E-state index is 12.4. The molecule has 2 aromatic heterocycles. The summed E-state index contributed by atoms with van der Waals surface area (Å²) in [5, 5.41) is 3.98. The zero-order valence-corrected chi connectivity index (χ0v) is 14.6. The number of rotatable bonds is 4. The van der Waals surface area contributed by atoms with Crippen LogP contribution in [0.2, 0.25) is 0 Å². The lowest BCUT2D eigenvalue weighted by Gasteiger charge is -2.12. The van der Waals surface area contributed by atoms with Crippen LogP contribution in [0.25, 0.3) is 11.4 Å². The highest BCUT2D eigenvalue weighted by Crippen LogP contribution is 2.24.